The zero-order chi connectivity index (χ0) is 19.7. The number of nitrogens with zero attached hydrogens (tertiary/aromatic N) is 1. The van der Waals surface area contributed by atoms with Crippen LogP contribution < -0.4 is 5.32 Å². The number of amides is 2. The van der Waals surface area contributed by atoms with Crippen molar-refractivity contribution in [1.82, 2.24) is 10.2 Å². The van der Waals surface area contributed by atoms with Gasteiger partial charge < -0.3 is 24.8 Å². The smallest absolute Gasteiger partial charge is 0.410 e. The number of allylic oxidation sites excluding steroid dienone is 1. The first-order chi connectivity index (χ1) is 12.1. The lowest BCUT2D eigenvalue weighted by molar-refractivity contribution is -0.141. The van der Waals surface area contributed by atoms with E-state index in [9.17, 15) is 19.5 Å². The predicted octanol–water partition coefficient (Wildman–Crippen LogP) is 2.78. The molecule has 1 unspecified atom stereocenters. The molecule has 0 aromatic heterocycles. The van der Waals surface area contributed by atoms with Crippen LogP contribution in [0, 0.1) is 5.92 Å². The van der Waals surface area contributed by atoms with Crippen LogP contribution in [-0.2, 0) is 14.3 Å². The molecule has 0 bridgehead atoms. The molecular formula is C18H30N2O6. The number of ether oxygens (including phenoxy) is 2. The molecule has 0 spiro atoms. The van der Waals surface area contributed by atoms with E-state index in [-0.39, 0.29) is 12.5 Å². The summed E-state index contributed by atoms with van der Waals surface area (Å²) in [5, 5.41) is 11.8. The molecule has 0 aromatic rings. The van der Waals surface area contributed by atoms with Gasteiger partial charge in [0.05, 0.1) is 6.61 Å². The van der Waals surface area contributed by atoms with Crippen molar-refractivity contribution in [3.63, 3.8) is 0 Å². The summed E-state index contributed by atoms with van der Waals surface area (Å²) >= 11 is 0. The van der Waals surface area contributed by atoms with Crippen LogP contribution in [0.15, 0.2) is 12.7 Å². The van der Waals surface area contributed by atoms with Gasteiger partial charge in [-0.15, -0.1) is 6.58 Å². The normalized spacial score (nSPS) is 16.5. The number of carbonyl (C=O) groups is 3. The van der Waals surface area contributed by atoms with E-state index in [0.717, 1.165) is 6.42 Å². The minimum atomic E-state index is -1.11. The van der Waals surface area contributed by atoms with E-state index in [1.165, 1.54) is 0 Å². The molecule has 0 aliphatic carbocycles. The first kappa shape index (κ1) is 21.8. The van der Waals surface area contributed by atoms with Crippen molar-refractivity contribution < 1.29 is 29.0 Å². The largest absolute Gasteiger partial charge is 0.480 e. The van der Waals surface area contributed by atoms with Crippen molar-refractivity contribution in [2.45, 2.75) is 58.1 Å². The molecule has 1 heterocycles. The number of hydrogen-bond donors (Lipinski definition) is 2. The summed E-state index contributed by atoms with van der Waals surface area (Å²) in [5.74, 6) is -1.38. The molecule has 1 rings (SSSR count). The molecular weight excluding hydrogens is 340 g/mol. The molecule has 2 N–H and O–H groups in total. The van der Waals surface area contributed by atoms with Gasteiger partial charge in [0, 0.05) is 13.1 Å². The Morgan fingerprint density at radius 3 is 2.42 bits per heavy atom. The maximum Gasteiger partial charge on any atom is 0.410 e. The summed E-state index contributed by atoms with van der Waals surface area (Å²) in [7, 11) is 0. The molecule has 1 aliphatic heterocycles. The molecule has 0 saturated carbocycles. The summed E-state index contributed by atoms with van der Waals surface area (Å²) < 4.78 is 10.3. The summed E-state index contributed by atoms with van der Waals surface area (Å²) in [4.78, 5) is 36.9. The highest BCUT2D eigenvalue weighted by Gasteiger charge is 2.35. The fourth-order valence-electron chi connectivity index (χ4n) is 2.68. The summed E-state index contributed by atoms with van der Waals surface area (Å²) in [6.07, 6.45) is 2.87. The molecule has 8 heteroatoms. The molecule has 1 atom stereocenters. The Bertz CT molecular complexity index is 506. The molecule has 2 amide bonds. The number of unbranched alkanes of at least 4 members (excludes halogenated alkanes) is 1. The number of hydrogen-bond acceptors (Lipinski definition) is 5. The minimum absolute atomic E-state index is 0.210. The highest BCUT2D eigenvalue weighted by Crippen LogP contribution is 2.23. The molecule has 148 valence electrons. The number of piperidine rings is 1. The minimum Gasteiger partial charge on any atom is -0.480 e. The molecule has 26 heavy (non-hydrogen) atoms. The number of rotatable bonds is 7. The van der Waals surface area contributed by atoms with Crippen molar-refractivity contribution in [2.75, 3.05) is 19.7 Å². The highest BCUT2D eigenvalue weighted by atomic mass is 16.6. The lowest BCUT2D eigenvalue weighted by Gasteiger charge is -2.35. The van der Waals surface area contributed by atoms with E-state index in [2.05, 4.69) is 11.9 Å². The van der Waals surface area contributed by atoms with E-state index in [1.807, 2.05) is 0 Å². The zero-order valence-electron chi connectivity index (χ0n) is 15.8. The lowest BCUT2D eigenvalue weighted by Crippen LogP contribution is -2.51. The van der Waals surface area contributed by atoms with Gasteiger partial charge in [-0.05, 0) is 52.4 Å². The van der Waals surface area contributed by atoms with E-state index >= 15 is 0 Å². The summed E-state index contributed by atoms with van der Waals surface area (Å²) in [6.45, 7) is 9.95. The van der Waals surface area contributed by atoms with Gasteiger partial charge >= 0.3 is 18.2 Å². The van der Waals surface area contributed by atoms with Crippen molar-refractivity contribution >= 4 is 18.2 Å². The van der Waals surface area contributed by atoms with Crippen LogP contribution in [0.3, 0.4) is 0 Å². The molecule has 0 radical (unpaired) electrons. The number of likely N-dealkylation sites (tertiary alicyclic amines) is 1. The molecule has 8 nitrogen and oxygen atoms in total. The highest BCUT2D eigenvalue weighted by molar-refractivity contribution is 5.80. The second kappa shape index (κ2) is 10.0. The van der Waals surface area contributed by atoms with Crippen LogP contribution in [-0.4, -0.2) is 59.5 Å². The molecule has 1 saturated heterocycles. The van der Waals surface area contributed by atoms with Gasteiger partial charge in [0.15, 0.2) is 0 Å². The van der Waals surface area contributed by atoms with Gasteiger partial charge in [-0.3, -0.25) is 0 Å². The molecule has 0 aromatic carbocycles. The average Bonchev–Trinajstić information content (AvgIpc) is 2.55. The Balaban J connectivity index is 2.50. The number of aliphatic carboxylic acids is 1. The van der Waals surface area contributed by atoms with Crippen LogP contribution in [0.25, 0.3) is 0 Å². The van der Waals surface area contributed by atoms with Gasteiger partial charge in [0.2, 0.25) is 0 Å². The summed E-state index contributed by atoms with van der Waals surface area (Å²) in [6, 6.07) is -1.04. The fourth-order valence-corrected chi connectivity index (χ4v) is 2.68. The molecule has 1 fully saturated rings. The standard InChI is InChI=1S/C18H30N2O6/c1-5-6-7-12-25-16(23)19-14(15(21)22)13-8-10-20(11-9-13)17(24)26-18(2,3)4/h5,13-14H,1,6-12H2,2-4H3,(H,19,23)(H,21,22). The molecule has 1 aliphatic rings. The Morgan fingerprint density at radius 1 is 1.31 bits per heavy atom. The van der Waals surface area contributed by atoms with E-state index in [4.69, 9.17) is 9.47 Å². The predicted molar refractivity (Wildman–Crippen MR) is 95.9 cm³/mol. The Morgan fingerprint density at radius 2 is 1.92 bits per heavy atom. The maximum atomic E-state index is 12.1. The quantitative estimate of drug-likeness (QED) is 0.527. The number of nitrogens with one attached hydrogen (secondary N) is 1. The van der Waals surface area contributed by atoms with Crippen molar-refractivity contribution in [3.05, 3.63) is 12.7 Å². The van der Waals surface area contributed by atoms with Crippen LogP contribution in [0.5, 0.6) is 0 Å². The average molecular weight is 370 g/mol. The first-order valence-corrected chi connectivity index (χ1v) is 8.89. The zero-order valence-corrected chi connectivity index (χ0v) is 15.8. The fraction of sp³-hybridized carbons (Fsp3) is 0.722. The monoisotopic (exact) mass is 370 g/mol. The van der Waals surface area contributed by atoms with Crippen LogP contribution in [0.1, 0.15) is 46.5 Å². The Hall–Kier alpha value is -2.25. The third-order valence-electron chi connectivity index (χ3n) is 3.99. The topological polar surface area (TPSA) is 105 Å². The third kappa shape index (κ3) is 7.76. The van der Waals surface area contributed by atoms with Crippen LogP contribution >= 0.6 is 0 Å². The lowest BCUT2D eigenvalue weighted by atomic mass is 9.89. The second-order valence-electron chi connectivity index (χ2n) is 7.33. The van der Waals surface area contributed by atoms with E-state index < -0.39 is 29.8 Å². The Kier molecular flexibility index (Phi) is 8.41. The number of carboxylic acid groups (broad SMARTS) is 1. The SMILES string of the molecule is C=CCCCOC(=O)NC(C(=O)O)C1CCN(C(=O)OC(C)(C)C)CC1. The van der Waals surface area contributed by atoms with Gasteiger partial charge in [0.25, 0.3) is 0 Å². The van der Waals surface area contributed by atoms with Crippen molar-refractivity contribution in [3.8, 4) is 0 Å². The first-order valence-electron chi connectivity index (χ1n) is 8.89. The maximum absolute atomic E-state index is 12.1. The number of carbonyl (C=O) groups excluding carboxylic acids is 2. The van der Waals surface area contributed by atoms with Crippen LogP contribution in [0.2, 0.25) is 0 Å². The van der Waals surface area contributed by atoms with Crippen molar-refractivity contribution in [2.24, 2.45) is 5.92 Å². The van der Waals surface area contributed by atoms with Crippen LogP contribution in [0.4, 0.5) is 9.59 Å². The number of carboxylic acids is 1. The van der Waals surface area contributed by atoms with Gasteiger partial charge in [-0.2, -0.15) is 0 Å². The van der Waals surface area contributed by atoms with Gasteiger partial charge in [-0.25, -0.2) is 14.4 Å². The summed E-state index contributed by atoms with van der Waals surface area (Å²) in [5.41, 5.74) is -0.575. The van der Waals surface area contributed by atoms with E-state index in [0.29, 0.717) is 32.4 Å². The van der Waals surface area contributed by atoms with Gasteiger partial charge in [0.1, 0.15) is 11.6 Å². The Labute approximate surface area is 154 Å². The van der Waals surface area contributed by atoms with Gasteiger partial charge in [-0.1, -0.05) is 6.08 Å². The van der Waals surface area contributed by atoms with Crippen molar-refractivity contribution in [1.29, 1.82) is 0 Å². The third-order valence-corrected chi connectivity index (χ3v) is 3.99. The number of alkyl carbamates (subject to hydrolysis) is 1. The van der Waals surface area contributed by atoms with E-state index in [1.54, 1.807) is 31.7 Å². The second-order valence-corrected chi connectivity index (χ2v) is 7.33.